The van der Waals surface area contributed by atoms with E-state index < -0.39 is 5.97 Å². The molecule has 0 fully saturated rings. The molecule has 0 aliphatic carbocycles. The fourth-order valence-electron chi connectivity index (χ4n) is 1.59. The fourth-order valence-corrected chi connectivity index (χ4v) is 2.49. The second-order valence-electron chi connectivity index (χ2n) is 3.69. The normalized spacial score (nSPS) is 10.6. The Kier molecular flexibility index (Phi) is 3.64. The Balaban J connectivity index is 2.56. The van der Waals surface area contributed by atoms with Crippen molar-refractivity contribution in [1.82, 2.24) is 4.98 Å². The van der Waals surface area contributed by atoms with Gasteiger partial charge in [0.25, 0.3) is 0 Å². The molecule has 0 radical (unpaired) electrons. The van der Waals surface area contributed by atoms with Gasteiger partial charge in [0, 0.05) is 5.39 Å². The summed E-state index contributed by atoms with van der Waals surface area (Å²) in [5.41, 5.74) is 0.113. The molecule has 0 unspecified atom stereocenters. The Morgan fingerprint density at radius 2 is 2.18 bits per heavy atom. The van der Waals surface area contributed by atoms with Crippen LogP contribution >= 0.6 is 11.8 Å². The molecule has 0 amide bonds. The molecular weight excluding hydrogens is 234 g/mol. The monoisotopic (exact) mass is 247 g/mol. The molecule has 1 aromatic heterocycles. The maximum absolute atomic E-state index is 11.0. The Hall–Kier alpha value is -1.55. The zero-order chi connectivity index (χ0) is 12.3. The van der Waals surface area contributed by atoms with Gasteiger partial charge in [0.05, 0.1) is 0 Å². The van der Waals surface area contributed by atoms with Gasteiger partial charge in [-0.1, -0.05) is 31.2 Å². The van der Waals surface area contributed by atoms with E-state index in [1.807, 2.05) is 24.3 Å². The van der Waals surface area contributed by atoms with Crippen molar-refractivity contribution >= 4 is 28.5 Å². The van der Waals surface area contributed by atoms with Gasteiger partial charge in [0.1, 0.15) is 10.7 Å². The molecule has 4 heteroatoms. The molecule has 0 spiro atoms. The third-order valence-electron chi connectivity index (χ3n) is 2.37. The van der Waals surface area contributed by atoms with Crippen LogP contribution in [-0.4, -0.2) is 21.8 Å². The van der Waals surface area contributed by atoms with Crippen molar-refractivity contribution in [2.45, 2.75) is 18.4 Å². The number of aromatic nitrogens is 1. The first-order chi connectivity index (χ1) is 8.22. The number of carboxylic acids is 1. The number of pyridine rings is 1. The van der Waals surface area contributed by atoms with E-state index in [9.17, 15) is 4.79 Å². The highest BCUT2D eigenvalue weighted by molar-refractivity contribution is 7.99. The molecule has 88 valence electrons. The Morgan fingerprint density at radius 3 is 2.88 bits per heavy atom. The molecule has 0 aliphatic rings. The predicted molar refractivity (Wildman–Crippen MR) is 69.7 cm³/mol. The second kappa shape index (κ2) is 5.19. The zero-order valence-corrected chi connectivity index (χ0v) is 10.3. The molecule has 0 saturated carbocycles. The van der Waals surface area contributed by atoms with E-state index in [1.165, 1.54) is 0 Å². The summed E-state index contributed by atoms with van der Waals surface area (Å²) < 4.78 is 0. The number of fused-ring (bicyclic) bond motifs is 1. The van der Waals surface area contributed by atoms with Crippen LogP contribution in [0.3, 0.4) is 0 Å². The SMILES string of the molecule is CCCSc1nc(C(=O)O)cc2ccccc12. The average molecular weight is 247 g/mol. The molecule has 1 aromatic carbocycles. The number of thioether (sulfide) groups is 1. The van der Waals surface area contributed by atoms with Gasteiger partial charge in [-0.15, -0.1) is 11.8 Å². The molecule has 0 atom stereocenters. The van der Waals surface area contributed by atoms with Crippen molar-refractivity contribution in [3.05, 3.63) is 36.0 Å². The quantitative estimate of drug-likeness (QED) is 0.841. The van der Waals surface area contributed by atoms with E-state index in [4.69, 9.17) is 5.11 Å². The number of benzene rings is 1. The molecular formula is C13H13NO2S. The number of rotatable bonds is 4. The Morgan fingerprint density at radius 1 is 1.41 bits per heavy atom. The lowest BCUT2D eigenvalue weighted by atomic mass is 10.1. The molecule has 1 N–H and O–H groups in total. The van der Waals surface area contributed by atoms with Gasteiger partial charge in [0.2, 0.25) is 0 Å². The smallest absolute Gasteiger partial charge is 0.354 e. The summed E-state index contributed by atoms with van der Waals surface area (Å²) in [5, 5.41) is 11.8. The number of nitrogens with zero attached hydrogens (tertiary/aromatic N) is 1. The van der Waals surface area contributed by atoms with E-state index in [1.54, 1.807) is 17.8 Å². The third kappa shape index (κ3) is 2.58. The lowest BCUT2D eigenvalue weighted by Gasteiger charge is -2.06. The maximum atomic E-state index is 11.0. The topological polar surface area (TPSA) is 50.2 Å². The molecule has 17 heavy (non-hydrogen) atoms. The van der Waals surface area contributed by atoms with E-state index in [2.05, 4.69) is 11.9 Å². The van der Waals surface area contributed by atoms with Gasteiger partial charge < -0.3 is 5.11 Å². The first kappa shape index (κ1) is 11.9. The number of carboxylic acid groups (broad SMARTS) is 1. The Bertz CT molecular complexity index is 554. The second-order valence-corrected chi connectivity index (χ2v) is 4.77. The Labute approximate surface area is 104 Å². The highest BCUT2D eigenvalue weighted by Gasteiger charge is 2.10. The van der Waals surface area contributed by atoms with Crippen LogP contribution in [0.5, 0.6) is 0 Å². The lowest BCUT2D eigenvalue weighted by Crippen LogP contribution is -2.01. The van der Waals surface area contributed by atoms with Crippen molar-refractivity contribution in [2.24, 2.45) is 0 Å². The molecule has 0 saturated heterocycles. The third-order valence-corrected chi connectivity index (χ3v) is 3.56. The van der Waals surface area contributed by atoms with Gasteiger partial charge in [-0.25, -0.2) is 9.78 Å². The van der Waals surface area contributed by atoms with Crippen LogP contribution in [-0.2, 0) is 0 Å². The fraction of sp³-hybridized carbons (Fsp3) is 0.231. The standard InChI is InChI=1S/C13H13NO2S/c1-2-7-17-12-10-6-4-3-5-9(10)8-11(14-12)13(15)16/h3-6,8H,2,7H2,1H3,(H,15,16). The molecule has 0 aliphatic heterocycles. The van der Waals surface area contributed by atoms with Gasteiger partial charge in [0.15, 0.2) is 0 Å². The van der Waals surface area contributed by atoms with Crippen LogP contribution in [0.1, 0.15) is 23.8 Å². The molecule has 1 heterocycles. The number of hydrogen-bond acceptors (Lipinski definition) is 3. The van der Waals surface area contributed by atoms with Gasteiger partial charge in [-0.2, -0.15) is 0 Å². The van der Waals surface area contributed by atoms with E-state index >= 15 is 0 Å². The van der Waals surface area contributed by atoms with Crippen LogP contribution in [0, 0.1) is 0 Å². The highest BCUT2D eigenvalue weighted by atomic mass is 32.2. The van der Waals surface area contributed by atoms with Crippen molar-refractivity contribution in [3.63, 3.8) is 0 Å². The van der Waals surface area contributed by atoms with E-state index in [0.29, 0.717) is 0 Å². The van der Waals surface area contributed by atoms with Gasteiger partial charge >= 0.3 is 5.97 Å². The van der Waals surface area contributed by atoms with Crippen LogP contribution < -0.4 is 0 Å². The van der Waals surface area contributed by atoms with Crippen molar-refractivity contribution in [3.8, 4) is 0 Å². The first-order valence-corrected chi connectivity index (χ1v) is 6.47. The number of aromatic carboxylic acids is 1. The van der Waals surface area contributed by atoms with Crippen LogP contribution in [0.4, 0.5) is 0 Å². The minimum Gasteiger partial charge on any atom is -0.477 e. The minimum absolute atomic E-state index is 0.113. The summed E-state index contributed by atoms with van der Waals surface area (Å²) in [7, 11) is 0. The molecule has 0 bridgehead atoms. The van der Waals surface area contributed by atoms with Crippen molar-refractivity contribution in [2.75, 3.05) is 5.75 Å². The van der Waals surface area contributed by atoms with Crippen LogP contribution in [0.25, 0.3) is 10.8 Å². The molecule has 2 rings (SSSR count). The number of hydrogen-bond donors (Lipinski definition) is 1. The summed E-state index contributed by atoms with van der Waals surface area (Å²) >= 11 is 1.61. The van der Waals surface area contributed by atoms with E-state index in [0.717, 1.165) is 28.0 Å². The molecule has 2 aromatic rings. The summed E-state index contributed by atoms with van der Waals surface area (Å²) in [5.74, 6) is -0.0332. The average Bonchev–Trinajstić information content (AvgIpc) is 2.35. The summed E-state index contributed by atoms with van der Waals surface area (Å²) in [6.45, 7) is 2.09. The first-order valence-electron chi connectivity index (χ1n) is 5.48. The molecule has 3 nitrogen and oxygen atoms in total. The summed E-state index contributed by atoms with van der Waals surface area (Å²) in [6, 6.07) is 9.36. The predicted octanol–water partition coefficient (Wildman–Crippen LogP) is 3.44. The van der Waals surface area contributed by atoms with Crippen molar-refractivity contribution < 1.29 is 9.90 Å². The van der Waals surface area contributed by atoms with Crippen LogP contribution in [0.2, 0.25) is 0 Å². The van der Waals surface area contributed by atoms with E-state index in [-0.39, 0.29) is 5.69 Å². The van der Waals surface area contributed by atoms with Gasteiger partial charge in [-0.3, -0.25) is 0 Å². The minimum atomic E-state index is -0.978. The maximum Gasteiger partial charge on any atom is 0.354 e. The van der Waals surface area contributed by atoms with Crippen LogP contribution in [0.15, 0.2) is 35.4 Å². The number of carbonyl (C=O) groups is 1. The zero-order valence-electron chi connectivity index (χ0n) is 9.51. The largest absolute Gasteiger partial charge is 0.477 e. The van der Waals surface area contributed by atoms with Crippen molar-refractivity contribution in [1.29, 1.82) is 0 Å². The highest BCUT2D eigenvalue weighted by Crippen LogP contribution is 2.27. The summed E-state index contributed by atoms with van der Waals surface area (Å²) in [6.07, 6.45) is 1.04. The van der Waals surface area contributed by atoms with Gasteiger partial charge in [-0.05, 0) is 23.6 Å². The summed E-state index contributed by atoms with van der Waals surface area (Å²) in [4.78, 5) is 15.2. The lowest BCUT2D eigenvalue weighted by molar-refractivity contribution is 0.0690.